The van der Waals surface area contributed by atoms with Gasteiger partial charge in [-0.1, -0.05) is 18.2 Å². The first-order chi connectivity index (χ1) is 13.0. The van der Waals surface area contributed by atoms with Crippen LogP contribution < -0.4 is 20.1 Å². The topological polar surface area (TPSA) is 89.1 Å². The standard InChI is InChI=1S/C19H23N3O5/c1-20-19(24)27-16-9-7-14(8-10-16)11-12-26-17-6-4-5-15(13-17)21-18(23)22(2)25-3/h4-10,13H,11-12H2,1-3H3,(H,20,24)(H,21,23). The van der Waals surface area contributed by atoms with Crippen LogP contribution in [0.25, 0.3) is 0 Å². The Morgan fingerprint density at radius 3 is 2.48 bits per heavy atom. The van der Waals surface area contributed by atoms with Crippen molar-refractivity contribution in [2.24, 2.45) is 0 Å². The van der Waals surface area contributed by atoms with E-state index in [1.54, 1.807) is 30.3 Å². The number of hydroxylamine groups is 2. The first-order valence-corrected chi connectivity index (χ1v) is 8.32. The van der Waals surface area contributed by atoms with Crippen molar-refractivity contribution >= 4 is 17.8 Å². The second-order valence-electron chi connectivity index (χ2n) is 5.52. The lowest BCUT2D eigenvalue weighted by atomic mass is 10.1. The maximum Gasteiger partial charge on any atom is 0.412 e. The molecule has 3 amide bonds. The third kappa shape index (κ3) is 6.52. The van der Waals surface area contributed by atoms with E-state index in [0.717, 1.165) is 10.6 Å². The van der Waals surface area contributed by atoms with E-state index in [1.165, 1.54) is 21.2 Å². The molecule has 27 heavy (non-hydrogen) atoms. The minimum Gasteiger partial charge on any atom is -0.493 e. The van der Waals surface area contributed by atoms with Crippen LogP contribution in [0, 0.1) is 0 Å². The molecular weight excluding hydrogens is 350 g/mol. The summed E-state index contributed by atoms with van der Waals surface area (Å²) in [5, 5.41) is 6.18. The van der Waals surface area contributed by atoms with Crippen LogP contribution in [0.2, 0.25) is 0 Å². The van der Waals surface area contributed by atoms with Gasteiger partial charge in [-0.3, -0.25) is 4.84 Å². The van der Waals surface area contributed by atoms with Gasteiger partial charge in [0.15, 0.2) is 0 Å². The summed E-state index contributed by atoms with van der Waals surface area (Å²) in [6, 6.07) is 13.9. The zero-order chi connectivity index (χ0) is 19.6. The monoisotopic (exact) mass is 373 g/mol. The van der Waals surface area contributed by atoms with Gasteiger partial charge in [0.05, 0.1) is 13.7 Å². The van der Waals surface area contributed by atoms with Gasteiger partial charge in [0, 0.05) is 32.3 Å². The molecule has 0 atom stereocenters. The quantitative estimate of drug-likeness (QED) is 0.728. The molecule has 0 saturated carbocycles. The van der Waals surface area contributed by atoms with E-state index < -0.39 is 6.09 Å². The van der Waals surface area contributed by atoms with Gasteiger partial charge < -0.3 is 20.1 Å². The van der Waals surface area contributed by atoms with E-state index in [-0.39, 0.29) is 6.03 Å². The number of ether oxygens (including phenoxy) is 2. The number of hydrogen-bond donors (Lipinski definition) is 2. The van der Waals surface area contributed by atoms with Gasteiger partial charge in [0.1, 0.15) is 11.5 Å². The predicted molar refractivity (Wildman–Crippen MR) is 101 cm³/mol. The summed E-state index contributed by atoms with van der Waals surface area (Å²) >= 11 is 0. The maximum atomic E-state index is 11.8. The molecule has 144 valence electrons. The van der Waals surface area contributed by atoms with Crippen LogP contribution in [0.3, 0.4) is 0 Å². The number of anilines is 1. The number of benzene rings is 2. The second-order valence-corrected chi connectivity index (χ2v) is 5.52. The highest BCUT2D eigenvalue weighted by Crippen LogP contribution is 2.18. The van der Waals surface area contributed by atoms with E-state index in [2.05, 4.69) is 10.6 Å². The van der Waals surface area contributed by atoms with Gasteiger partial charge in [0.25, 0.3) is 0 Å². The van der Waals surface area contributed by atoms with E-state index in [0.29, 0.717) is 30.2 Å². The van der Waals surface area contributed by atoms with Gasteiger partial charge in [-0.25, -0.2) is 14.7 Å². The van der Waals surface area contributed by atoms with Crippen LogP contribution >= 0.6 is 0 Å². The average molecular weight is 373 g/mol. The highest BCUT2D eigenvalue weighted by molar-refractivity contribution is 5.88. The molecule has 2 N–H and O–H groups in total. The molecule has 0 radical (unpaired) electrons. The number of nitrogens with one attached hydrogen (secondary N) is 2. The summed E-state index contributed by atoms with van der Waals surface area (Å²) in [4.78, 5) is 27.8. The Balaban J connectivity index is 1.84. The van der Waals surface area contributed by atoms with E-state index >= 15 is 0 Å². The smallest absolute Gasteiger partial charge is 0.412 e. The summed E-state index contributed by atoms with van der Waals surface area (Å²) < 4.78 is 10.8. The van der Waals surface area contributed by atoms with Crippen LogP contribution in [0.15, 0.2) is 48.5 Å². The summed E-state index contributed by atoms with van der Waals surface area (Å²) in [5.41, 5.74) is 1.66. The van der Waals surface area contributed by atoms with Crippen molar-refractivity contribution in [1.82, 2.24) is 10.4 Å². The largest absolute Gasteiger partial charge is 0.493 e. The Labute approximate surface area is 158 Å². The lowest BCUT2D eigenvalue weighted by Crippen LogP contribution is -2.30. The summed E-state index contributed by atoms with van der Waals surface area (Å²) in [6.45, 7) is 0.463. The minimum absolute atomic E-state index is 0.381. The molecule has 2 aromatic rings. The van der Waals surface area contributed by atoms with Crippen molar-refractivity contribution in [2.75, 3.05) is 33.1 Å². The molecule has 2 rings (SSSR count). The summed E-state index contributed by atoms with van der Waals surface area (Å²) in [7, 11) is 4.43. The number of amides is 3. The fourth-order valence-corrected chi connectivity index (χ4v) is 2.12. The van der Waals surface area contributed by atoms with Gasteiger partial charge in [-0.05, 0) is 29.8 Å². The van der Waals surface area contributed by atoms with Gasteiger partial charge >= 0.3 is 12.1 Å². The van der Waals surface area contributed by atoms with Crippen LogP contribution in [0.5, 0.6) is 11.5 Å². The molecule has 0 aromatic heterocycles. The third-order valence-corrected chi connectivity index (χ3v) is 3.64. The Kier molecular flexibility index (Phi) is 7.45. The van der Waals surface area contributed by atoms with Gasteiger partial charge in [-0.15, -0.1) is 0 Å². The molecule has 0 aliphatic rings. The van der Waals surface area contributed by atoms with Crippen molar-refractivity contribution in [3.8, 4) is 11.5 Å². The van der Waals surface area contributed by atoms with Crippen molar-refractivity contribution in [2.45, 2.75) is 6.42 Å². The highest BCUT2D eigenvalue weighted by atomic mass is 16.7. The number of carbonyl (C=O) groups excluding carboxylic acids is 2. The number of nitrogens with zero attached hydrogens (tertiary/aromatic N) is 1. The molecule has 0 aliphatic carbocycles. The van der Waals surface area contributed by atoms with Gasteiger partial charge in [-0.2, -0.15) is 0 Å². The summed E-state index contributed by atoms with van der Waals surface area (Å²) in [6.07, 6.45) is 0.179. The lowest BCUT2D eigenvalue weighted by molar-refractivity contribution is -0.0598. The Morgan fingerprint density at radius 1 is 1.07 bits per heavy atom. The molecule has 0 unspecified atom stereocenters. The Morgan fingerprint density at radius 2 is 1.81 bits per heavy atom. The predicted octanol–water partition coefficient (Wildman–Crippen LogP) is 3.05. The second kappa shape index (κ2) is 10.0. The van der Waals surface area contributed by atoms with E-state index in [9.17, 15) is 9.59 Å². The van der Waals surface area contributed by atoms with Crippen molar-refractivity contribution in [3.63, 3.8) is 0 Å². The normalized spacial score (nSPS) is 10.0. The molecule has 0 aliphatic heterocycles. The zero-order valence-electron chi connectivity index (χ0n) is 15.5. The first-order valence-electron chi connectivity index (χ1n) is 8.32. The maximum absolute atomic E-state index is 11.8. The Hall–Kier alpha value is -3.26. The van der Waals surface area contributed by atoms with Crippen LogP contribution in [-0.2, 0) is 11.3 Å². The van der Waals surface area contributed by atoms with E-state index in [4.69, 9.17) is 14.3 Å². The fraction of sp³-hybridized carbons (Fsp3) is 0.263. The Bertz CT molecular complexity index is 764. The first kappa shape index (κ1) is 20.1. The van der Waals surface area contributed by atoms with Crippen LogP contribution in [0.4, 0.5) is 15.3 Å². The molecule has 0 spiro atoms. The SMILES string of the molecule is CNC(=O)Oc1ccc(CCOc2cccc(NC(=O)N(C)OC)c2)cc1. The molecule has 2 aromatic carbocycles. The third-order valence-electron chi connectivity index (χ3n) is 3.64. The fourth-order valence-electron chi connectivity index (χ4n) is 2.12. The van der Waals surface area contributed by atoms with Crippen molar-refractivity contribution in [3.05, 3.63) is 54.1 Å². The number of rotatable bonds is 7. The molecule has 0 fully saturated rings. The minimum atomic E-state index is -0.505. The van der Waals surface area contributed by atoms with E-state index in [1.807, 2.05) is 18.2 Å². The molecule has 8 heteroatoms. The van der Waals surface area contributed by atoms with Crippen molar-refractivity contribution < 1.29 is 23.9 Å². The molecule has 0 saturated heterocycles. The van der Waals surface area contributed by atoms with Crippen molar-refractivity contribution in [1.29, 1.82) is 0 Å². The van der Waals surface area contributed by atoms with Crippen LogP contribution in [-0.4, -0.2) is 45.0 Å². The number of hydrogen-bond acceptors (Lipinski definition) is 5. The van der Waals surface area contributed by atoms with Gasteiger partial charge in [0.2, 0.25) is 0 Å². The van der Waals surface area contributed by atoms with Crippen LogP contribution in [0.1, 0.15) is 5.56 Å². The number of carbonyl (C=O) groups is 2. The summed E-state index contributed by atoms with van der Waals surface area (Å²) in [5.74, 6) is 1.12. The number of urea groups is 1. The average Bonchev–Trinajstić information content (AvgIpc) is 2.68. The molecule has 0 bridgehead atoms. The zero-order valence-corrected chi connectivity index (χ0v) is 15.5. The lowest BCUT2D eigenvalue weighted by Gasteiger charge is -2.15. The molecular formula is C19H23N3O5. The molecule has 0 heterocycles. The molecule has 8 nitrogen and oxygen atoms in total. The highest BCUT2D eigenvalue weighted by Gasteiger charge is 2.08.